The first-order chi connectivity index (χ1) is 5.57. The standard InChI is InChI=1S/C6H13NO4/c7-5-4(9)1-3(2-8)11-6(5)10/h3-6,8-10H,1-2,7H2/t3-,4-,5+,6?/m0/s1/i1D/t1-,3+,4+,5-,6?/m1. The molecule has 1 rings (SSSR count). The summed E-state index contributed by atoms with van der Waals surface area (Å²) in [5.74, 6) is 0. The number of hydrogen-bond donors (Lipinski definition) is 4. The van der Waals surface area contributed by atoms with Gasteiger partial charge in [0.25, 0.3) is 0 Å². The summed E-state index contributed by atoms with van der Waals surface area (Å²) in [4.78, 5) is 0. The molecule has 5 heteroatoms. The van der Waals surface area contributed by atoms with Gasteiger partial charge in [-0.15, -0.1) is 0 Å². The molecule has 0 spiro atoms. The van der Waals surface area contributed by atoms with Gasteiger partial charge in [0, 0.05) is 7.77 Å². The van der Waals surface area contributed by atoms with Gasteiger partial charge in [0.1, 0.15) is 0 Å². The van der Waals surface area contributed by atoms with E-state index in [-0.39, 0.29) is 0 Å². The minimum Gasteiger partial charge on any atom is -0.394 e. The van der Waals surface area contributed by atoms with Crippen molar-refractivity contribution in [2.45, 2.75) is 30.9 Å². The Morgan fingerprint density at radius 2 is 2.27 bits per heavy atom. The van der Waals surface area contributed by atoms with Crippen molar-refractivity contribution in [1.82, 2.24) is 0 Å². The highest BCUT2D eigenvalue weighted by atomic mass is 16.6. The highest BCUT2D eigenvalue weighted by molar-refractivity contribution is 4.82. The van der Waals surface area contributed by atoms with Gasteiger partial charge < -0.3 is 25.8 Å². The van der Waals surface area contributed by atoms with Crippen molar-refractivity contribution >= 4 is 0 Å². The van der Waals surface area contributed by atoms with Crippen LogP contribution >= 0.6 is 0 Å². The summed E-state index contributed by atoms with van der Waals surface area (Å²) in [6.07, 6.45) is -4.34. The number of rotatable bonds is 1. The van der Waals surface area contributed by atoms with Crippen LogP contribution in [0.3, 0.4) is 0 Å². The van der Waals surface area contributed by atoms with Gasteiger partial charge in [-0.05, 0) is 0 Å². The molecule has 0 aromatic heterocycles. The van der Waals surface area contributed by atoms with E-state index in [1.165, 1.54) is 0 Å². The second-order valence-electron chi connectivity index (χ2n) is 2.51. The molecule has 1 heterocycles. The molecule has 0 saturated carbocycles. The van der Waals surface area contributed by atoms with Crippen LogP contribution in [0.15, 0.2) is 0 Å². The van der Waals surface area contributed by atoms with Crippen molar-refractivity contribution in [3.8, 4) is 0 Å². The van der Waals surface area contributed by atoms with Crippen LogP contribution in [0.4, 0.5) is 0 Å². The smallest absolute Gasteiger partial charge is 0.172 e. The van der Waals surface area contributed by atoms with Gasteiger partial charge in [0.15, 0.2) is 6.29 Å². The predicted molar refractivity (Wildman–Crippen MR) is 36.6 cm³/mol. The molecule has 0 amide bonds. The Bertz CT molecular complexity index is 154. The lowest BCUT2D eigenvalue weighted by molar-refractivity contribution is -0.207. The van der Waals surface area contributed by atoms with E-state index in [0.717, 1.165) is 0 Å². The summed E-state index contributed by atoms with van der Waals surface area (Å²) in [5, 5.41) is 27.0. The van der Waals surface area contributed by atoms with Gasteiger partial charge in [-0.25, -0.2) is 0 Å². The molecular weight excluding hydrogens is 150 g/mol. The van der Waals surface area contributed by atoms with E-state index < -0.39 is 37.5 Å². The Hall–Kier alpha value is -0.200. The van der Waals surface area contributed by atoms with Crippen LogP contribution in [0.1, 0.15) is 7.77 Å². The van der Waals surface area contributed by atoms with Crippen molar-refractivity contribution in [3.63, 3.8) is 0 Å². The van der Waals surface area contributed by atoms with Crippen LogP contribution in [-0.4, -0.2) is 46.5 Å². The molecule has 5 N–H and O–H groups in total. The molecule has 0 aromatic rings. The molecule has 1 unspecified atom stereocenters. The Morgan fingerprint density at radius 3 is 2.82 bits per heavy atom. The summed E-state index contributed by atoms with van der Waals surface area (Å²) >= 11 is 0. The Labute approximate surface area is 65.8 Å². The zero-order chi connectivity index (χ0) is 9.30. The Morgan fingerprint density at radius 1 is 1.64 bits per heavy atom. The summed E-state index contributed by atoms with van der Waals surface area (Å²) < 4.78 is 12.1. The lowest BCUT2D eigenvalue weighted by atomic mass is 10.0. The number of hydrogen-bond acceptors (Lipinski definition) is 5. The monoisotopic (exact) mass is 164 g/mol. The maximum atomic E-state index is 9.25. The third-order valence-electron chi connectivity index (χ3n) is 1.63. The second kappa shape index (κ2) is 3.46. The van der Waals surface area contributed by atoms with Crippen LogP contribution < -0.4 is 5.73 Å². The van der Waals surface area contributed by atoms with E-state index in [1.807, 2.05) is 0 Å². The minimum atomic E-state index is -1.31. The average Bonchev–Trinajstić information content (AvgIpc) is 2.08. The first kappa shape index (κ1) is 7.45. The molecule has 1 aliphatic rings. The molecular formula is C6H13NO4. The van der Waals surface area contributed by atoms with Gasteiger partial charge in [0.2, 0.25) is 0 Å². The lowest BCUT2D eigenvalue weighted by Gasteiger charge is -2.34. The summed E-state index contributed by atoms with van der Waals surface area (Å²) in [7, 11) is 0. The normalized spacial score (nSPS) is 53.8. The molecule has 66 valence electrons. The molecule has 0 radical (unpaired) electrons. The van der Waals surface area contributed by atoms with Gasteiger partial charge in [0.05, 0.1) is 24.9 Å². The van der Waals surface area contributed by atoms with Gasteiger partial charge >= 0.3 is 0 Å². The number of nitrogens with two attached hydrogens (primary N) is 1. The Balaban J connectivity index is 2.63. The van der Waals surface area contributed by atoms with Crippen molar-refractivity contribution in [1.29, 1.82) is 0 Å². The van der Waals surface area contributed by atoms with E-state index in [1.54, 1.807) is 0 Å². The predicted octanol–water partition coefficient (Wildman–Crippen LogP) is -2.23. The highest BCUT2D eigenvalue weighted by Gasteiger charge is 2.33. The van der Waals surface area contributed by atoms with E-state index in [0.29, 0.717) is 0 Å². The summed E-state index contributed by atoms with van der Waals surface area (Å²) in [6, 6.07) is -0.977. The van der Waals surface area contributed by atoms with Crippen LogP contribution in [0, 0.1) is 0 Å². The SMILES string of the molecule is [2H][C@H]1[C@H](O)[C@@H](N)C(O)O[C@@H]1CO. The van der Waals surface area contributed by atoms with E-state index in [4.69, 9.17) is 22.1 Å². The van der Waals surface area contributed by atoms with Crippen LogP contribution in [0.25, 0.3) is 0 Å². The van der Waals surface area contributed by atoms with Gasteiger partial charge in [-0.3, -0.25) is 0 Å². The molecule has 11 heavy (non-hydrogen) atoms. The third kappa shape index (κ3) is 1.88. The minimum absolute atomic E-state index is 0.408. The average molecular weight is 164 g/mol. The summed E-state index contributed by atoms with van der Waals surface area (Å²) in [6.45, 7) is -0.408. The van der Waals surface area contributed by atoms with E-state index in [2.05, 4.69) is 0 Å². The van der Waals surface area contributed by atoms with Gasteiger partial charge in [-0.2, -0.15) is 0 Å². The van der Waals surface area contributed by atoms with Crippen molar-refractivity contribution in [2.24, 2.45) is 5.73 Å². The number of ether oxygens (including phenoxy) is 1. The highest BCUT2D eigenvalue weighted by Crippen LogP contribution is 2.16. The molecule has 5 nitrogen and oxygen atoms in total. The van der Waals surface area contributed by atoms with Crippen molar-refractivity contribution in [2.75, 3.05) is 6.61 Å². The largest absolute Gasteiger partial charge is 0.394 e. The fourth-order valence-corrected chi connectivity index (χ4v) is 0.936. The van der Waals surface area contributed by atoms with Crippen LogP contribution in [0.2, 0.25) is 0 Å². The fraction of sp³-hybridized carbons (Fsp3) is 1.00. The van der Waals surface area contributed by atoms with Crippen LogP contribution in [-0.2, 0) is 4.74 Å². The maximum Gasteiger partial charge on any atom is 0.172 e. The second-order valence-corrected chi connectivity index (χ2v) is 2.51. The first-order valence-electron chi connectivity index (χ1n) is 3.96. The molecule has 0 bridgehead atoms. The number of aliphatic hydroxyl groups excluding tert-OH is 3. The zero-order valence-corrected chi connectivity index (χ0v) is 5.92. The Kier molecular flexibility index (Phi) is 2.35. The molecule has 1 aliphatic heterocycles. The fourth-order valence-electron chi connectivity index (χ4n) is 0.936. The van der Waals surface area contributed by atoms with Crippen molar-refractivity contribution in [3.05, 3.63) is 0 Å². The third-order valence-corrected chi connectivity index (χ3v) is 1.63. The van der Waals surface area contributed by atoms with Crippen LogP contribution in [0.5, 0.6) is 0 Å². The molecule has 5 atom stereocenters. The molecule has 1 saturated heterocycles. The first-order valence-corrected chi connectivity index (χ1v) is 3.38. The van der Waals surface area contributed by atoms with E-state index >= 15 is 0 Å². The lowest BCUT2D eigenvalue weighted by Crippen LogP contribution is -2.53. The molecule has 1 fully saturated rings. The van der Waals surface area contributed by atoms with E-state index in [9.17, 15) is 5.11 Å². The van der Waals surface area contributed by atoms with Crippen molar-refractivity contribution < 1.29 is 21.4 Å². The topological polar surface area (TPSA) is 95.9 Å². The molecule has 0 aromatic carbocycles. The molecule has 0 aliphatic carbocycles. The number of aliphatic hydroxyl groups is 3. The van der Waals surface area contributed by atoms with Gasteiger partial charge in [-0.1, -0.05) is 0 Å². The zero-order valence-electron chi connectivity index (χ0n) is 6.92. The quantitative estimate of drug-likeness (QED) is 0.352. The summed E-state index contributed by atoms with van der Waals surface area (Å²) in [5.41, 5.74) is 5.30. The maximum absolute atomic E-state index is 9.25.